The van der Waals surface area contributed by atoms with Gasteiger partial charge in [0, 0.05) is 22.8 Å². The van der Waals surface area contributed by atoms with Crippen LogP contribution in [-0.2, 0) is 14.4 Å². The summed E-state index contributed by atoms with van der Waals surface area (Å²) in [5.74, 6) is -1.59. The minimum absolute atomic E-state index is 0.234. The molecule has 3 amide bonds. The number of hydrazone groups is 1. The van der Waals surface area contributed by atoms with Crippen molar-refractivity contribution in [3.05, 3.63) is 58.6 Å². The first-order valence-electron chi connectivity index (χ1n) is 9.29. The van der Waals surface area contributed by atoms with E-state index in [1.807, 2.05) is 13.8 Å². The van der Waals surface area contributed by atoms with Crippen LogP contribution in [0.1, 0.15) is 24.5 Å². The van der Waals surface area contributed by atoms with Gasteiger partial charge in [0.25, 0.3) is 5.91 Å². The van der Waals surface area contributed by atoms with Crippen LogP contribution >= 0.6 is 11.6 Å². The van der Waals surface area contributed by atoms with E-state index >= 15 is 0 Å². The number of hydrogen-bond donors (Lipinski definition) is 3. The lowest BCUT2D eigenvalue weighted by Crippen LogP contribution is -2.38. The van der Waals surface area contributed by atoms with E-state index < -0.39 is 11.8 Å². The molecule has 0 aliphatic heterocycles. The number of aryl methyl sites for hydroxylation is 1. The number of hydrogen-bond acceptors (Lipinski definition) is 5. The van der Waals surface area contributed by atoms with Gasteiger partial charge < -0.3 is 15.4 Å². The highest BCUT2D eigenvalue weighted by atomic mass is 35.5. The van der Waals surface area contributed by atoms with Crippen LogP contribution in [0.2, 0.25) is 5.02 Å². The van der Waals surface area contributed by atoms with E-state index in [1.54, 1.807) is 42.5 Å². The molecule has 158 valence electrons. The summed E-state index contributed by atoms with van der Waals surface area (Å²) in [5, 5.41) is 9.48. The summed E-state index contributed by atoms with van der Waals surface area (Å²) in [6.45, 7) is 3.91. The summed E-state index contributed by atoms with van der Waals surface area (Å²) in [6, 6.07) is 12.1. The molecule has 9 heteroatoms. The third-order valence-corrected chi connectivity index (χ3v) is 4.10. The highest BCUT2D eigenvalue weighted by Crippen LogP contribution is 2.20. The summed E-state index contributed by atoms with van der Waals surface area (Å²) in [6.07, 6.45) is 2.05. The molecule has 0 heterocycles. The van der Waals surface area contributed by atoms with E-state index in [-0.39, 0.29) is 12.5 Å². The predicted molar refractivity (Wildman–Crippen MR) is 116 cm³/mol. The summed E-state index contributed by atoms with van der Waals surface area (Å²) < 4.78 is 5.57. The zero-order valence-electron chi connectivity index (χ0n) is 16.7. The van der Waals surface area contributed by atoms with Crippen molar-refractivity contribution in [2.75, 3.05) is 18.5 Å². The number of carbonyl (C=O) groups is 3. The molecule has 0 aliphatic carbocycles. The molecule has 0 atom stereocenters. The van der Waals surface area contributed by atoms with Crippen molar-refractivity contribution in [2.45, 2.75) is 20.3 Å². The number of rotatable bonds is 8. The number of benzene rings is 2. The van der Waals surface area contributed by atoms with Crippen LogP contribution in [0.15, 0.2) is 47.6 Å². The highest BCUT2D eigenvalue weighted by Gasteiger charge is 2.11. The average molecular weight is 431 g/mol. The van der Waals surface area contributed by atoms with Gasteiger partial charge in [-0.2, -0.15) is 5.10 Å². The van der Waals surface area contributed by atoms with E-state index in [0.29, 0.717) is 28.6 Å². The third-order valence-electron chi connectivity index (χ3n) is 3.86. The molecule has 0 aliphatic rings. The van der Waals surface area contributed by atoms with Gasteiger partial charge in [0.1, 0.15) is 5.75 Å². The van der Waals surface area contributed by atoms with Crippen molar-refractivity contribution in [3.63, 3.8) is 0 Å². The molecule has 2 aromatic carbocycles. The number of nitrogens with zero attached hydrogens (tertiary/aromatic N) is 1. The number of para-hydroxylation sites is 1. The maximum atomic E-state index is 12.2. The molecule has 30 heavy (non-hydrogen) atoms. The lowest BCUT2D eigenvalue weighted by Gasteiger charge is -2.11. The number of carbonyl (C=O) groups excluding carboxylic acids is 3. The van der Waals surface area contributed by atoms with Gasteiger partial charge in [-0.1, -0.05) is 36.7 Å². The summed E-state index contributed by atoms with van der Waals surface area (Å²) >= 11 is 5.96. The van der Waals surface area contributed by atoms with Gasteiger partial charge in [0.15, 0.2) is 6.61 Å². The first-order chi connectivity index (χ1) is 14.4. The van der Waals surface area contributed by atoms with Crippen LogP contribution < -0.4 is 20.8 Å². The molecule has 0 unspecified atom stereocenters. The Morgan fingerprint density at radius 3 is 2.67 bits per heavy atom. The molecular weight excluding hydrogens is 408 g/mol. The van der Waals surface area contributed by atoms with Crippen molar-refractivity contribution in [3.8, 4) is 5.75 Å². The number of nitrogens with one attached hydrogen (secondary N) is 3. The lowest BCUT2D eigenvalue weighted by molar-refractivity contribution is -0.139. The average Bonchev–Trinajstić information content (AvgIpc) is 2.73. The first kappa shape index (κ1) is 22.9. The fourth-order valence-electron chi connectivity index (χ4n) is 2.31. The highest BCUT2D eigenvalue weighted by molar-refractivity contribution is 6.35. The van der Waals surface area contributed by atoms with Crippen molar-refractivity contribution in [1.29, 1.82) is 0 Å². The van der Waals surface area contributed by atoms with E-state index in [1.165, 1.54) is 6.21 Å². The monoisotopic (exact) mass is 430 g/mol. The Hall–Kier alpha value is -3.39. The van der Waals surface area contributed by atoms with Gasteiger partial charge in [-0.25, -0.2) is 5.43 Å². The van der Waals surface area contributed by atoms with E-state index in [2.05, 4.69) is 21.2 Å². The molecule has 0 radical (unpaired) electrons. The molecule has 0 bridgehead atoms. The van der Waals surface area contributed by atoms with Crippen LogP contribution in [0, 0.1) is 6.92 Å². The van der Waals surface area contributed by atoms with Crippen LogP contribution in [0.4, 0.5) is 5.69 Å². The van der Waals surface area contributed by atoms with Gasteiger partial charge >= 0.3 is 11.8 Å². The Kier molecular flexibility index (Phi) is 8.83. The Morgan fingerprint density at radius 1 is 1.13 bits per heavy atom. The molecule has 0 saturated carbocycles. The minimum Gasteiger partial charge on any atom is -0.483 e. The first-order valence-corrected chi connectivity index (χ1v) is 9.67. The molecule has 0 aromatic heterocycles. The number of anilines is 1. The summed E-state index contributed by atoms with van der Waals surface area (Å²) in [7, 11) is 0. The summed E-state index contributed by atoms with van der Waals surface area (Å²) in [5.41, 5.74) is 4.15. The van der Waals surface area contributed by atoms with E-state index in [9.17, 15) is 14.4 Å². The molecular formula is C21H23ClN4O4. The Balaban J connectivity index is 1.93. The largest absolute Gasteiger partial charge is 0.483 e. The van der Waals surface area contributed by atoms with Crippen molar-refractivity contribution in [2.24, 2.45) is 5.10 Å². The predicted octanol–water partition coefficient (Wildman–Crippen LogP) is 2.64. The quantitative estimate of drug-likeness (QED) is 0.340. The molecule has 2 rings (SSSR count). The lowest BCUT2D eigenvalue weighted by atomic mass is 10.2. The van der Waals surface area contributed by atoms with Crippen molar-refractivity contribution >= 4 is 41.2 Å². The van der Waals surface area contributed by atoms with Crippen LogP contribution in [0.3, 0.4) is 0 Å². The van der Waals surface area contributed by atoms with E-state index in [0.717, 1.165) is 12.0 Å². The second kappa shape index (κ2) is 11.6. The third kappa shape index (κ3) is 7.21. The molecule has 3 N–H and O–H groups in total. The Morgan fingerprint density at radius 2 is 1.90 bits per heavy atom. The van der Waals surface area contributed by atoms with Crippen molar-refractivity contribution in [1.82, 2.24) is 10.7 Å². The number of halogens is 1. The van der Waals surface area contributed by atoms with Crippen LogP contribution in [0.25, 0.3) is 0 Å². The number of ether oxygens (including phenoxy) is 1. The van der Waals surface area contributed by atoms with Gasteiger partial charge in [0.2, 0.25) is 0 Å². The zero-order valence-corrected chi connectivity index (χ0v) is 17.5. The van der Waals surface area contributed by atoms with Crippen LogP contribution in [0.5, 0.6) is 5.75 Å². The second-order valence-electron chi connectivity index (χ2n) is 6.29. The van der Waals surface area contributed by atoms with E-state index in [4.69, 9.17) is 16.3 Å². The molecule has 0 saturated heterocycles. The molecule has 2 aromatic rings. The molecule has 8 nitrogen and oxygen atoms in total. The fraction of sp³-hybridized carbons (Fsp3) is 0.238. The van der Waals surface area contributed by atoms with Gasteiger partial charge in [0.05, 0.1) is 6.21 Å². The maximum absolute atomic E-state index is 12.2. The summed E-state index contributed by atoms with van der Waals surface area (Å²) in [4.78, 5) is 35.4. The van der Waals surface area contributed by atoms with Crippen molar-refractivity contribution < 1.29 is 19.1 Å². The second-order valence-corrected chi connectivity index (χ2v) is 6.73. The molecule has 0 spiro atoms. The van der Waals surface area contributed by atoms with Gasteiger partial charge in [-0.3, -0.25) is 14.4 Å². The number of amides is 3. The molecule has 0 fully saturated rings. The normalized spacial score (nSPS) is 10.5. The van der Waals surface area contributed by atoms with Crippen LogP contribution in [-0.4, -0.2) is 37.1 Å². The van der Waals surface area contributed by atoms with Gasteiger partial charge in [-0.05, 0) is 43.2 Å². The maximum Gasteiger partial charge on any atom is 0.329 e. The Labute approximate surface area is 179 Å². The topological polar surface area (TPSA) is 109 Å². The fourth-order valence-corrected chi connectivity index (χ4v) is 2.48. The van der Waals surface area contributed by atoms with Gasteiger partial charge in [-0.15, -0.1) is 0 Å². The smallest absolute Gasteiger partial charge is 0.329 e. The minimum atomic E-state index is -0.866. The standard InChI is InChI=1S/C21H23ClN4O4/c1-3-10-23-20(28)21(29)26-24-12-15-6-4-5-7-18(15)30-13-19(27)25-17-11-16(22)9-8-14(17)2/h4-9,11-12H,3,10,13H2,1-2H3,(H,23,28)(H,25,27)(H,26,29)/b24-12-. The zero-order chi connectivity index (χ0) is 21.9. The SMILES string of the molecule is CCCNC(=O)C(=O)N/N=C\c1ccccc1OCC(=O)Nc1cc(Cl)ccc1C. The Bertz CT molecular complexity index is 946.